The molecule has 2 aromatic rings. The van der Waals surface area contributed by atoms with Crippen LogP contribution >= 0.6 is 11.3 Å². The number of aromatic nitrogens is 3. The molecule has 1 atom stereocenters. The minimum absolute atomic E-state index is 0.153. The summed E-state index contributed by atoms with van der Waals surface area (Å²) in [5.41, 5.74) is 4.87. The second kappa shape index (κ2) is 5.36. The van der Waals surface area contributed by atoms with Crippen molar-refractivity contribution in [2.75, 3.05) is 0 Å². The van der Waals surface area contributed by atoms with Crippen LogP contribution in [0.15, 0.2) is 10.4 Å². The van der Waals surface area contributed by atoms with E-state index in [0.29, 0.717) is 11.0 Å². The Morgan fingerprint density at radius 2 is 2.09 bits per heavy atom. The molecule has 2 aromatic heterocycles. The van der Waals surface area contributed by atoms with Crippen LogP contribution < -0.4 is 9.71 Å². The van der Waals surface area contributed by atoms with E-state index in [1.54, 1.807) is 0 Å². The molecule has 1 unspecified atom stereocenters. The number of aryl methyl sites for hydroxylation is 1. The fourth-order valence-corrected chi connectivity index (χ4v) is 4.66. The van der Waals surface area contributed by atoms with Crippen molar-refractivity contribution >= 4 is 21.4 Å². The van der Waals surface area contributed by atoms with E-state index in [4.69, 9.17) is 5.14 Å². The first kappa shape index (κ1) is 15.5. The molecule has 2 heterocycles. The van der Waals surface area contributed by atoms with E-state index < -0.39 is 10.0 Å². The number of primary sulfonamides is 1. The Kier molecular flexibility index (Phi) is 3.78. The summed E-state index contributed by atoms with van der Waals surface area (Å²) in [5.74, 6) is 0.706. The zero-order valence-corrected chi connectivity index (χ0v) is 14.5. The number of hydrogen-bond donors (Lipinski definition) is 1. The Hall–Kier alpha value is -1.38. The summed E-state index contributed by atoms with van der Waals surface area (Å²) in [7, 11) is -3.81. The maximum absolute atomic E-state index is 11.4. The minimum Gasteiger partial charge on any atom is -0.222 e. The van der Waals surface area contributed by atoms with E-state index in [1.807, 2.05) is 11.5 Å². The fraction of sp³-hybridized carbons (Fsp3) is 0.500. The number of fused-ring (bicyclic) bond motifs is 1. The first-order valence-electron chi connectivity index (χ1n) is 7.18. The highest BCUT2D eigenvalue weighted by Gasteiger charge is 2.28. The third kappa shape index (κ3) is 2.66. The average Bonchev–Trinajstić information content (AvgIpc) is 2.87. The molecular weight excluding hydrogens is 320 g/mol. The largest absolute Gasteiger partial charge is 0.416 e. The van der Waals surface area contributed by atoms with Crippen molar-refractivity contribution in [3.05, 3.63) is 28.6 Å². The molecule has 0 saturated carbocycles. The zero-order chi connectivity index (χ0) is 16.1. The topological polar surface area (TPSA) is 89.8 Å². The van der Waals surface area contributed by atoms with Crippen LogP contribution in [0.3, 0.4) is 0 Å². The van der Waals surface area contributed by atoms with E-state index in [9.17, 15) is 8.42 Å². The van der Waals surface area contributed by atoms with Gasteiger partial charge in [0.15, 0.2) is 0 Å². The second-order valence-corrected chi connectivity index (χ2v) is 8.64. The molecule has 1 aliphatic rings. The normalized spacial score (nSPS) is 18.3. The fourth-order valence-electron chi connectivity index (χ4n) is 3.13. The summed E-state index contributed by atoms with van der Waals surface area (Å²) in [6.45, 7) is 6.34. The van der Waals surface area contributed by atoms with Gasteiger partial charge < -0.3 is 0 Å². The average molecular weight is 339 g/mol. The lowest BCUT2D eigenvalue weighted by Crippen LogP contribution is -2.40. The quantitative estimate of drug-likeness (QED) is 0.833. The summed E-state index contributed by atoms with van der Waals surface area (Å²) in [6, 6.07) is 2.18. The molecule has 1 aliphatic carbocycles. The van der Waals surface area contributed by atoms with Crippen molar-refractivity contribution in [1.82, 2.24) is 10.2 Å². The molecule has 0 saturated heterocycles. The molecule has 8 heteroatoms. The van der Waals surface area contributed by atoms with E-state index >= 15 is 0 Å². The van der Waals surface area contributed by atoms with Gasteiger partial charge in [-0.15, -0.1) is 0 Å². The van der Waals surface area contributed by atoms with Crippen LogP contribution in [0.25, 0.3) is 5.13 Å². The maximum Gasteiger partial charge on any atom is 0.416 e. The molecule has 0 fully saturated rings. The van der Waals surface area contributed by atoms with Gasteiger partial charge in [0, 0.05) is 0 Å². The van der Waals surface area contributed by atoms with Gasteiger partial charge in [0.25, 0.3) is 14.4 Å². The van der Waals surface area contributed by atoms with Crippen molar-refractivity contribution in [3.63, 3.8) is 0 Å². The third-order valence-corrected chi connectivity index (χ3v) is 6.40. The van der Waals surface area contributed by atoms with Crippen LogP contribution in [0.1, 0.15) is 35.9 Å². The Labute approximate surface area is 134 Å². The van der Waals surface area contributed by atoms with Gasteiger partial charge in [0.1, 0.15) is 11.4 Å². The van der Waals surface area contributed by atoms with Crippen molar-refractivity contribution in [3.8, 4) is 5.13 Å². The summed E-state index contributed by atoms with van der Waals surface area (Å²) >= 11 is 1.00. The van der Waals surface area contributed by atoms with Gasteiger partial charge in [-0.25, -0.2) is 13.6 Å². The lowest BCUT2D eigenvalue weighted by atomic mass is 9.84. The molecule has 22 heavy (non-hydrogen) atoms. The van der Waals surface area contributed by atoms with Crippen molar-refractivity contribution in [1.29, 1.82) is 0 Å². The number of nitrogens with zero attached hydrogens (tertiary/aromatic N) is 3. The van der Waals surface area contributed by atoms with E-state index in [1.165, 1.54) is 17.5 Å². The Morgan fingerprint density at radius 3 is 2.73 bits per heavy atom. The van der Waals surface area contributed by atoms with Crippen LogP contribution in [-0.2, 0) is 22.9 Å². The molecular formula is C14H19N4O2S2+. The van der Waals surface area contributed by atoms with Gasteiger partial charge in [0.05, 0.1) is 5.10 Å². The molecule has 118 valence electrons. The van der Waals surface area contributed by atoms with Gasteiger partial charge in [-0.1, -0.05) is 6.92 Å². The van der Waals surface area contributed by atoms with E-state index in [0.717, 1.165) is 35.6 Å². The van der Waals surface area contributed by atoms with Crippen molar-refractivity contribution < 1.29 is 13.0 Å². The molecule has 0 amide bonds. The molecule has 0 radical (unpaired) electrons. The number of pyridine rings is 1. The highest BCUT2D eigenvalue weighted by Crippen LogP contribution is 2.28. The van der Waals surface area contributed by atoms with Crippen molar-refractivity contribution in [2.24, 2.45) is 11.1 Å². The van der Waals surface area contributed by atoms with Gasteiger partial charge in [-0.05, 0) is 72.7 Å². The van der Waals surface area contributed by atoms with Crippen LogP contribution in [0.5, 0.6) is 0 Å². The van der Waals surface area contributed by atoms with Gasteiger partial charge >= 0.3 is 5.13 Å². The molecule has 0 bridgehead atoms. The number of hydrogen-bond acceptors (Lipinski definition) is 5. The summed E-state index contributed by atoms with van der Waals surface area (Å²) in [5, 5.41) is 13.4. The first-order chi connectivity index (χ1) is 10.3. The second-order valence-electron chi connectivity index (χ2n) is 5.95. The molecule has 6 nitrogen and oxygen atoms in total. The van der Waals surface area contributed by atoms with Crippen molar-refractivity contribution in [2.45, 2.75) is 44.4 Å². The Balaban J connectivity index is 2.14. The molecule has 0 spiro atoms. The predicted octanol–water partition coefficient (Wildman–Crippen LogP) is 1.20. The van der Waals surface area contributed by atoms with Crippen LogP contribution in [0.4, 0.5) is 0 Å². The number of sulfonamides is 1. The Bertz CT molecular complexity index is 843. The standard InChI is InChI=1S/C14H19N4O2S2/c1-8-4-5-12-10(3)18(9(2)7-11(12)6-8)13-16-17-14(21-13)22(15,19)20/h7-8H,4-6H2,1-3H3,(H2,15,19,20)/q+1. The lowest BCUT2D eigenvalue weighted by Gasteiger charge is -2.23. The molecule has 3 rings (SSSR count). The van der Waals surface area contributed by atoms with E-state index in [-0.39, 0.29) is 4.34 Å². The summed E-state index contributed by atoms with van der Waals surface area (Å²) in [4.78, 5) is 0. The lowest BCUT2D eigenvalue weighted by molar-refractivity contribution is -0.610. The van der Waals surface area contributed by atoms with E-state index in [2.05, 4.69) is 30.1 Å². The smallest absolute Gasteiger partial charge is 0.222 e. The maximum atomic E-state index is 11.4. The van der Waals surface area contributed by atoms with Gasteiger partial charge in [0.2, 0.25) is 0 Å². The highest BCUT2D eigenvalue weighted by molar-refractivity contribution is 7.91. The first-order valence-corrected chi connectivity index (χ1v) is 9.54. The number of nitrogens with two attached hydrogens (primary N) is 1. The van der Waals surface area contributed by atoms with Crippen LogP contribution in [0, 0.1) is 19.8 Å². The molecule has 2 N–H and O–H groups in total. The molecule has 0 aliphatic heterocycles. The summed E-state index contributed by atoms with van der Waals surface area (Å²) in [6.07, 6.45) is 3.31. The number of rotatable bonds is 2. The monoisotopic (exact) mass is 339 g/mol. The van der Waals surface area contributed by atoms with Crippen LogP contribution in [0.2, 0.25) is 0 Å². The van der Waals surface area contributed by atoms with Gasteiger partial charge in [-0.3, -0.25) is 0 Å². The third-order valence-electron chi connectivity index (χ3n) is 4.18. The minimum atomic E-state index is -3.81. The predicted molar refractivity (Wildman–Crippen MR) is 83.5 cm³/mol. The van der Waals surface area contributed by atoms with Crippen LogP contribution in [-0.4, -0.2) is 18.6 Å². The SMILES string of the molecule is Cc1cc2c(c(C)[n+]1-c1nnc(S(N)(=O)=O)s1)CCC(C)C2. The molecule has 0 aromatic carbocycles. The zero-order valence-electron chi connectivity index (χ0n) is 12.8. The highest BCUT2D eigenvalue weighted by atomic mass is 32.2. The Morgan fingerprint density at radius 1 is 1.36 bits per heavy atom. The van der Waals surface area contributed by atoms with Gasteiger partial charge in [-0.2, -0.15) is 4.57 Å². The summed E-state index contributed by atoms with van der Waals surface area (Å²) < 4.78 is 24.6.